The van der Waals surface area contributed by atoms with Crippen LogP contribution in [0.2, 0.25) is 5.02 Å². The minimum atomic E-state index is -0.683. The van der Waals surface area contributed by atoms with Crippen molar-refractivity contribution in [3.63, 3.8) is 0 Å². The number of hydrogen-bond acceptors (Lipinski definition) is 7. The van der Waals surface area contributed by atoms with Crippen LogP contribution in [0.25, 0.3) is 16.7 Å². The van der Waals surface area contributed by atoms with Crippen LogP contribution in [-0.2, 0) is 27.1 Å². The third-order valence-electron chi connectivity index (χ3n) is 8.29. The molecule has 0 bridgehead atoms. The Morgan fingerprint density at radius 3 is 2.63 bits per heavy atom. The standard InChI is InChI=1S/C29H29ClF2N4O5/c30-18-11-22-27(35-29(34-22)41-24-13-40-25-23(37)12-39-26(24)25)33-21(18)4-3-17-19(31)9-16(10-20(17)32)14-5-7-36(8-6-14)28(38)15-1-2-15/h5,9-11,15,23-26,37H,1-4,6-8,12-13H2,(H,33,34,35)/t23-,24-,25-,26-/m1/s1. The number of amides is 1. The van der Waals surface area contributed by atoms with Crippen LogP contribution in [-0.4, -0.2) is 81.6 Å². The van der Waals surface area contributed by atoms with E-state index in [9.17, 15) is 9.90 Å². The molecule has 1 aromatic carbocycles. The van der Waals surface area contributed by atoms with Gasteiger partial charge in [-0.3, -0.25) is 4.79 Å². The summed E-state index contributed by atoms with van der Waals surface area (Å²) in [6, 6.07) is 4.60. The van der Waals surface area contributed by atoms with Gasteiger partial charge in [0.25, 0.3) is 6.01 Å². The summed E-state index contributed by atoms with van der Waals surface area (Å²) >= 11 is 6.46. The maximum Gasteiger partial charge on any atom is 0.296 e. The molecule has 3 aromatic rings. The van der Waals surface area contributed by atoms with Crippen molar-refractivity contribution in [2.75, 3.05) is 26.3 Å². The Morgan fingerprint density at radius 1 is 1.12 bits per heavy atom. The number of imidazole rings is 1. The van der Waals surface area contributed by atoms with Crippen LogP contribution in [0.3, 0.4) is 0 Å². The predicted molar refractivity (Wildman–Crippen MR) is 144 cm³/mol. The molecular weight excluding hydrogens is 558 g/mol. The van der Waals surface area contributed by atoms with Crippen molar-refractivity contribution in [3.8, 4) is 6.01 Å². The predicted octanol–water partition coefficient (Wildman–Crippen LogP) is 3.61. The largest absolute Gasteiger partial charge is 0.456 e. The second-order valence-electron chi connectivity index (χ2n) is 11.1. The number of aryl methyl sites for hydroxylation is 1. The molecular formula is C29H29ClF2N4O5. The zero-order valence-electron chi connectivity index (χ0n) is 22.1. The summed E-state index contributed by atoms with van der Waals surface area (Å²) in [5, 5.41) is 10.3. The highest BCUT2D eigenvalue weighted by atomic mass is 35.5. The molecule has 1 amide bonds. The highest BCUT2D eigenvalue weighted by molar-refractivity contribution is 6.31. The summed E-state index contributed by atoms with van der Waals surface area (Å²) < 4.78 is 47.3. The number of fused-ring (bicyclic) bond motifs is 2. The number of H-pyrrole nitrogens is 1. The first kappa shape index (κ1) is 26.8. The van der Waals surface area contributed by atoms with Crippen molar-refractivity contribution in [1.82, 2.24) is 19.9 Å². The third-order valence-corrected chi connectivity index (χ3v) is 8.62. The number of pyridine rings is 1. The van der Waals surface area contributed by atoms with Gasteiger partial charge in [0.1, 0.15) is 29.9 Å². The molecule has 2 saturated heterocycles. The second-order valence-corrected chi connectivity index (χ2v) is 11.5. The first-order valence-electron chi connectivity index (χ1n) is 13.9. The Balaban J connectivity index is 1.02. The molecule has 12 heteroatoms. The van der Waals surface area contributed by atoms with Gasteiger partial charge in [0.2, 0.25) is 5.91 Å². The van der Waals surface area contributed by atoms with Crippen LogP contribution in [0.1, 0.15) is 36.1 Å². The number of hydrogen-bond donors (Lipinski definition) is 2. The van der Waals surface area contributed by atoms with E-state index < -0.39 is 29.9 Å². The summed E-state index contributed by atoms with van der Waals surface area (Å²) in [4.78, 5) is 26.0. The molecule has 4 atom stereocenters. The van der Waals surface area contributed by atoms with E-state index in [4.69, 9.17) is 25.8 Å². The number of nitrogens with one attached hydrogen (secondary N) is 1. The Kier molecular flexibility index (Phi) is 6.93. The summed E-state index contributed by atoms with van der Waals surface area (Å²) in [7, 11) is 0. The molecule has 0 spiro atoms. The molecule has 3 aliphatic heterocycles. The molecule has 0 unspecified atom stereocenters. The molecule has 216 valence electrons. The number of aromatic nitrogens is 3. The summed E-state index contributed by atoms with van der Waals surface area (Å²) in [6.45, 7) is 1.48. The molecule has 9 nitrogen and oxygen atoms in total. The van der Waals surface area contributed by atoms with Crippen molar-refractivity contribution in [3.05, 3.63) is 57.8 Å². The molecule has 7 rings (SSSR count). The Hall–Kier alpha value is -3.12. The quantitative estimate of drug-likeness (QED) is 0.435. The number of carbonyl (C=O) groups excluding carboxylic acids is 1. The number of nitrogens with zero attached hydrogens (tertiary/aromatic N) is 3. The number of benzene rings is 1. The SMILES string of the molecule is O=C(C1CC1)N1CC=C(c2cc(F)c(CCc3nc4nc(O[C@@H]5CO[C@H]6[C@@H]5OC[C@H]6O)[nH]c4cc3Cl)c(F)c2)CC1. The number of rotatable bonds is 7. The zero-order chi connectivity index (χ0) is 28.2. The number of carbonyl (C=O) groups is 1. The van der Waals surface area contributed by atoms with Crippen LogP contribution in [0, 0.1) is 17.6 Å². The molecule has 4 aliphatic rings. The lowest BCUT2D eigenvalue weighted by Gasteiger charge is -2.27. The number of aromatic amines is 1. The highest BCUT2D eigenvalue weighted by Crippen LogP contribution is 2.34. The number of ether oxygens (including phenoxy) is 3. The lowest BCUT2D eigenvalue weighted by atomic mass is 9.96. The average Bonchev–Trinajstić information content (AvgIpc) is 3.48. The molecule has 3 fully saturated rings. The van der Waals surface area contributed by atoms with E-state index in [1.165, 1.54) is 12.1 Å². The maximum absolute atomic E-state index is 15.1. The van der Waals surface area contributed by atoms with Gasteiger partial charge in [0.05, 0.1) is 29.4 Å². The van der Waals surface area contributed by atoms with Crippen molar-refractivity contribution < 1.29 is 32.9 Å². The average molecular weight is 587 g/mol. The first-order chi connectivity index (χ1) is 19.8. The van der Waals surface area contributed by atoms with Crippen LogP contribution >= 0.6 is 11.6 Å². The minimum absolute atomic E-state index is 0.0331. The van der Waals surface area contributed by atoms with Gasteiger partial charge < -0.3 is 29.2 Å². The molecule has 2 N–H and O–H groups in total. The van der Waals surface area contributed by atoms with Gasteiger partial charge in [-0.25, -0.2) is 13.8 Å². The fraction of sp³-hybridized carbons (Fsp3) is 0.483. The summed E-state index contributed by atoms with van der Waals surface area (Å²) in [6.07, 6.45) is 2.70. The van der Waals surface area contributed by atoms with Gasteiger partial charge in [-0.1, -0.05) is 17.7 Å². The van der Waals surface area contributed by atoms with E-state index in [1.54, 1.807) is 6.07 Å². The van der Waals surface area contributed by atoms with Crippen molar-refractivity contribution >= 4 is 34.2 Å². The van der Waals surface area contributed by atoms with E-state index in [2.05, 4.69) is 15.0 Å². The van der Waals surface area contributed by atoms with E-state index in [-0.39, 0.29) is 55.6 Å². The van der Waals surface area contributed by atoms with Gasteiger partial charge in [0.15, 0.2) is 11.8 Å². The second kappa shape index (κ2) is 10.6. The Morgan fingerprint density at radius 2 is 1.90 bits per heavy atom. The van der Waals surface area contributed by atoms with E-state index in [1.807, 2.05) is 11.0 Å². The van der Waals surface area contributed by atoms with E-state index >= 15 is 8.78 Å². The summed E-state index contributed by atoms with van der Waals surface area (Å²) in [5.74, 6) is -0.912. The van der Waals surface area contributed by atoms with Crippen molar-refractivity contribution in [2.45, 2.75) is 56.5 Å². The molecule has 1 aliphatic carbocycles. The number of aliphatic hydroxyl groups excluding tert-OH is 1. The first-order valence-corrected chi connectivity index (χ1v) is 14.3. The Bertz CT molecular complexity index is 1520. The molecule has 2 aromatic heterocycles. The lowest BCUT2D eigenvalue weighted by molar-refractivity contribution is -0.132. The van der Waals surface area contributed by atoms with Crippen molar-refractivity contribution in [2.24, 2.45) is 5.92 Å². The number of halogens is 3. The van der Waals surface area contributed by atoms with E-state index in [0.29, 0.717) is 47.0 Å². The molecule has 1 saturated carbocycles. The lowest BCUT2D eigenvalue weighted by Crippen LogP contribution is -2.35. The Labute approximate surface area is 239 Å². The fourth-order valence-electron chi connectivity index (χ4n) is 5.84. The van der Waals surface area contributed by atoms with E-state index in [0.717, 1.165) is 18.4 Å². The number of aliphatic hydroxyl groups is 1. The highest BCUT2D eigenvalue weighted by Gasteiger charge is 2.48. The zero-order valence-corrected chi connectivity index (χ0v) is 22.9. The normalized spacial score (nSPS) is 26.0. The molecule has 41 heavy (non-hydrogen) atoms. The van der Waals surface area contributed by atoms with Gasteiger partial charge >= 0.3 is 0 Å². The molecule has 5 heterocycles. The topological polar surface area (TPSA) is 110 Å². The van der Waals surface area contributed by atoms with Crippen LogP contribution in [0.4, 0.5) is 8.78 Å². The third kappa shape index (κ3) is 5.20. The minimum Gasteiger partial charge on any atom is -0.456 e. The van der Waals surface area contributed by atoms with Crippen LogP contribution < -0.4 is 4.74 Å². The van der Waals surface area contributed by atoms with Gasteiger partial charge in [-0.2, -0.15) is 4.98 Å². The monoisotopic (exact) mass is 586 g/mol. The maximum atomic E-state index is 15.1. The van der Waals surface area contributed by atoms with Crippen LogP contribution in [0.5, 0.6) is 6.01 Å². The van der Waals surface area contributed by atoms with Gasteiger partial charge in [0, 0.05) is 24.6 Å². The van der Waals surface area contributed by atoms with Crippen LogP contribution in [0.15, 0.2) is 24.3 Å². The molecule has 0 radical (unpaired) electrons. The fourth-order valence-corrected chi connectivity index (χ4v) is 6.09. The smallest absolute Gasteiger partial charge is 0.296 e. The van der Waals surface area contributed by atoms with Crippen molar-refractivity contribution in [1.29, 1.82) is 0 Å². The van der Waals surface area contributed by atoms with Gasteiger partial charge in [-0.15, -0.1) is 0 Å². The summed E-state index contributed by atoms with van der Waals surface area (Å²) in [5.41, 5.74) is 2.68. The van der Waals surface area contributed by atoms with Gasteiger partial charge in [-0.05, 0) is 61.4 Å².